The molecular formula is C14H13Cl2NS. The molecule has 4 heteroatoms. The smallest absolute Gasteiger partial charge is 0.0461 e. The maximum Gasteiger partial charge on any atom is 0.0461 e. The highest BCUT2D eigenvalue weighted by atomic mass is 35.5. The van der Waals surface area contributed by atoms with Crippen molar-refractivity contribution in [3.63, 3.8) is 0 Å². The molecule has 0 bridgehead atoms. The van der Waals surface area contributed by atoms with Crippen LogP contribution in [0.3, 0.4) is 0 Å². The Balaban J connectivity index is 2.06. The van der Waals surface area contributed by atoms with Crippen molar-refractivity contribution in [2.24, 2.45) is 5.73 Å². The molecule has 1 nitrogen and oxygen atoms in total. The van der Waals surface area contributed by atoms with Gasteiger partial charge in [-0.25, -0.2) is 0 Å². The molecule has 0 saturated carbocycles. The summed E-state index contributed by atoms with van der Waals surface area (Å²) < 4.78 is 0. The molecule has 0 aliphatic rings. The van der Waals surface area contributed by atoms with E-state index >= 15 is 0 Å². The summed E-state index contributed by atoms with van der Waals surface area (Å²) in [5, 5.41) is 1.38. The average molecular weight is 298 g/mol. The van der Waals surface area contributed by atoms with Crippen molar-refractivity contribution in [3.8, 4) is 0 Å². The Morgan fingerprint density at radius 1 is 1.06 bits per heavy atom. The van der Waals surface area contributed by atoms with Gasteiger partial charge in [0.05, 0.1) is 0 Å². The Hall–Kier alpha value is -0.670. The number of nitrogens with two attached hydrogens (primary N) is 1. The molecule has 94 valence electrons. The van der Waals surface area contributed by atoms with Crippen molar-refractivity contribution in [2.75, 3.05) is 0 Å². The lowest BCUT2D eigenvalue weighted by Crippen LogP contribution is -1.95. The Kier molecular flexibility index (Phi) is 4.95. The van der Waals surface area contributed by atoms with Crippen molar-refractivity contribution in [3.05, 3.63) is 63.6 Å². The third-order valence-corrected chi connectivity index (χ3v) is 4.17. The monoisotopic (exact) mass is 297 g/mol. The van der Waals surface area contributed by atoms with Gasteiger partial charge in [-0.1, -0.05) is 41.4 Å². The molecule has 0 spiro atoms. The van der Waals surface area contributed by atoms with Crippen molar-refractivity contribution in [1.82, 2.24) is 0 Å². The second kappa shape index (κ2) is 6.48. The lowest BCUT2D eigenvalue weighted by Gasteiger charge is -2.06. The van der Waals surface area contributed by atoms with E-state index in [9.17, 15) is 0 Å². The second-order valence-corrected chi connectivity index (χ2v) is 5.77. The summed E-state index contributed by atoms with van der Waals surface area (Å²) in [4.78, 5) is 1.20. The van der Waals surface area contributed by atoms with Crippen LogP contribution in [0.25, 0.3) is 0 Å². The number of rotatable bonds is 4. The lowest BCUT2D eigenvalue weighted by atomic mass is 10.2. The third kappa shape index (κ3) is 3.66. The van der Waals surface area contributed by atoms with Crippen LogP contribution >= 0.6 is 35.0 Å². The summed E-state index contributed by atoms with van der Waals surface area (Å²) in [7, 11) is 0. The summed E-state index contributed by atoms with van der Waals surface area (Å²) >= 11 is 13.7. The average Bonchev–Trinajstić information content (AvgIpc) is 2.38. The molecule has 0 fully saturated rings. The molecule has 0 unspecified atom stereocenters. The van der Waals surface area contributed by atoms with Crippen molar-refractivity contribution >= 4 is 35.0 Å². The second-order valence-electron chi connectivity index (χ2n) is 3.88. The highest BCUT2D eigenvalue weighted by molar-refractivity contribution is 7.98. The van der Waals surface area contributed by atoms with Gasteiger partial charge < -0.3 is 5.73 Å². The largest absolute Gasteiger partial charge is 0.326 e. The van der Waals surface area contributed by atoms with Crippen LogP contribution in [-0.4, -0.2) is 0 Å². The first-order valence-electron chi connectivity index (χ1n) is 5.55. The van der Waals surface area contributed by atoms with Crippen molar-refractivity contribution in [1.29, 1.82) is 0 Å². The molecule has 2 rings (SSSR count). The minimum Gasteiger partial charge on any atom is -0.326 e. The van der Waals surface area contributed by atoms with Crippen LogP contribution in [0.15, 0.2) is 47.4 Å². The summed E-state index contributed by atoms with van der Waals surface area (Å²) in [6, 6.07) is 13.8. The molecule has 2 aromatic carbocycles. The third-order valence-electron chi connectivity index (χ3n) is 2.54. The summed E-state index contributed by atoms with van der Waals surface area (Å²) in [5.41, 5.74) is 7.85. The van der Waals surface area contributed by atoms with Gasteiger partial charge in [0.25, 0.3) is 0 Å². The van der Waals surface area contributed by atoms with Gasteiger partial charge in [-0.15, -0.1) is 11.8 Å². The quantitative estimate of drug-likeness (QED) is 0.825. The zero-order valence-electron chi connectivity index (χ0n) is 9.70. The summed E-state index contributed by atoms with van der Waals surface area (Å²) in [6.07, 6.45) is 0. The molecule has 2 N–H and O–H groups in total. The Morgan fingerprint density at radius 2 is 1.89 bits per heavy atom. The number of benzene rings is 2. The molecule has 0 aliphatic heterocycles. The minimum absolute atomic E-state index is 0.566. The van der Waals surface area contributed by atoms with Gasteiger partial charge in [0, 0.05) is 27.2 Å². The normalized spacial score (nSPS) is 10.6. The van der Waals surface area contributed by atoms with E-state index in [4.69, 9.17) is 28.9 Å². The highest BCUT2D eigenvalue weighted by Gasteiger charge is 2.03. The van der Waals surface area contributed by atoms with E-state index in [-0.39, 0.29) is 0 Å². The topological polar surface area (TPSA) is 26.0 Å². The van der Waals surface area contributed by atoms with Gasteiger partial charge in [-0.3, -0.25) is 0 Å². The van der Waals surface area contributed by atoms with Gasteiger partial charge in [0.2, 0.25) is 0 Å². The summed E-state index contributed by atoms with van der Waals surface area (Å²) in [6.45, 7) is 0.566. The fourth-order valence-electron chi connectivity index (χ4n) is 1.56. The fraction of sp³-hybridized carbons (Fsp3) is 0.143. The molecule has 0 amide bonds. The SMILES string of the molecule is NCc1cccc(SCc2ccc(Cl)cc2Cl)c1. The zero-order valence-corrected chi connectivity index (χ0v) is 12.0. The molecule has 0 saturated heterocycles. The lowest BCUT2D eigenvalue weighted by molar-refractivity contribution is 1.06. The molecule has 0 heterocycles. The van der Waals surface area contributed by atoms with Crippen LogP contribution in [0, 0.1) is 0 Å². The Labute approximate surface area is 121 Å². The zero-order chi connectivity index (χ0) is 13.0. The highest BCUT2D eigenvalue weighted by Crippen LogP contribution is 2.28. The Bertz CT molecular complexity index is 543. The number of hydrogen-bond acceptors (Lipinski definition) is 2. The molecule has 18 heavy (non-hydrogen) atoms. The van der Waals surface area contributed by atoms with Crippen LogP contribution in [0.1, 0.15) is 11.1 Å². The van der Waals surface area contributed by atoms with E-state index in [1.165, 1.54) is 4.90 Å². The number of thioether (sulfide) groups is 1. The standard InChI is InChI=1S/C14H13Cl2NS/c15-12-5-4-11(14(16)7-12)9-18-13-3-1-2-10(6-13)8-17/h1-7H,8-9,17H2. The van der Waals surface area contributed by atoms with Gasteiger partial charge in [0.15, 0.2) is 0 Å². The molecule has 0 atom stereocenters. The van der Waals surface area contributed by atoms with Gasteiger partial charge in [-0.2, -0.15) is 0 Å². The van der Waals surface area contributed by atoms with Crippen LogP contribution in [0.2, 0.25) is 10.0 Å². The van der Waals surface area contributed by atoms with E-state index in [1.54, 1.807) is 17.8 Å². The van der Waals surface area contributed by atoms with Crippen molar-refractivity contribution in [2.45, 2.75) is 17.2 Å². The molecule has 0 radical (unpaired) electrons. The van der Waals surface area contributed by atoms with Gasteiger partial charge in [0.1, 0.15) is 0 Å². The van der Waals surface area contributed by atoms with E-state index in [2.05, 4.69) is 12.1 Å². The predicted molar refractivity (Wildman–Crippen MR) is 80.4 cm³/mol. The van der Waals surface area contributed by atoms with Crippen LogP contribution in [0.5, 0.6) is 0 Å². The Morgan fingerprint density at radius 3 is 2.61 bits per heavy atom. The molecule has 2 aromatic rings. The maximum absolute atomic E-state index is 6.14. The van der Waals surface area contributed by atoms with Gasteiger partial charge in [-0.05, 0) is 35.4 Å². The number of halogens is 2. The van der Waals surface area contributed by atoms with E-state index in [0.717, 1.165) is 16.9 Å². The van der Waals surface area contributed by atoms with Crippen molar-refractivity contribution < 1.29 is 0 Å². The van der Waals surface area contributed by atoms with Gasteiger partial charge >= 0.3 is 0 Å². The fourth-order valence-corrected chi connectivity index (χ4v) is 3.10. The molecule has 0 aromatic heterocycles. The minimum atomic E-state index is 0.566. The first kappa shape index (κ1) is 13.8. The molecule has 0 aliphatic carbocycles. The number of hydrogen-bond donors (Lipinski definition) is 1. The van der Waals surface area contributed by atoms with E-state index in [1.807, 2.05) is 24.3 Å². The molecular weight excluding hydrogens is 285 g/mol. The maximum atomic E-state index is 6.14. The summed E-state index contributed by atoms with van der Waals surface area (Å²) in [5.74, 6) is 0.823. The predicted octanol–water partition coefficient (Wildman–Crippen LogP) is 4.74. The van der Waals surface area contributed by atoms with Crippen LogP contribution in [-0.2, 0) is 12.3 Å². The van der Waals surface area contributed by atoms with E-state index in [0.29, 0.717) is 16.6 Å². The first-order valence-corrected chi connectivity index (χ1v) is 7.29. The van der Waals surface area contributed by atoms with Crippen LogP contribution in [0.4, 0.5) is 0 Å². The van der Waals surface area contributed by atoms with Crippen LogP contribution < -0.4 is 5.73 Å². The first-order chi connectivity index (χ1) is 8.69. The van der Waals surface area contributed by atoms with E-state index < -0.39 is 0 Å².